The third-order valence-corrected chi connectivity index (χ3v) is 3.95. The molecule has 1 radical (unpaired) electrons. The van der Waals surface area contributed by atoms with Gasteiger partial charge in [-0.05, 0) is 55.4 Å². The molecule has 0 spiro atoms. The zero-order valence-electron chi connectivity index (χ0n) is 10.9. The molecule has 0 amide bonds. The fourth-order valence-corrected chi connectivity index (χ4v) is 2.57. The molecule has 1 aromatic heterocycles. The van der Waals surface area contributed by atoms with Gasteiger partial charge in [0.05, 0.1) is 13.2 Å². The van der Waals surface area contributed by atoms with Crippen LogP contribution in [0.1, 0.15) is 5.56 Å². The number of benzene rings is 1. The second-order valence-corrected chi connectivity index (χ2v) is 5.41. The quantitative estimate of drug-likeness (QED) is 0.710. The Kier molecular flexibility index (Phi) is 5.17. The smallest absolute Gasteiger partial charge is 0.0593 e. The van der Waals surface area contributed by atoms with Crippen molar-refractivity contribution >= 4 is 21.4 Å². The number of ether oxygens (including phenoxy) is 1. The standard InChI is InChI=1S/C15H20NOS/c1-3-16(2)8-10-17-9-6-13-4-5-15-14(12-13)7-11-18-15/h4-5,7,11-12H,1,3,6,8-10H2,2H3. The molecular formula is C15H20NOS. The first-order valence-electron chi connectivity index (χ1n) is 6.31. The van der Waals surface area contributed by atoms with Crippen LogP contribution in [0.4, 0.5) is 0 Å². The summed E-state index contributed by atoms with van der Waals surface area (Å²) >= 11 is 1.79. The summed E-state index contributed by atoms with van der Waals surface area (Å²) in [4.78, 5) is 2.15. The Balaban J connectivity index is 1.73. The van der Waals surface area contributed by atoms with E-state index in [2.05, 4.69) is 48.5 Å². The highest BCUT2D eigenvalue weighted by Gasteiger charge is 1.99. The van der Waals surface area contributed by atoms with Gasteiger partial charge in [-0.2, -0.15) is 0 Å². The van der Waals surface area contributed by atoms with E-state index < -0.39 is 0 Å². The van der Waals surface area contributed by atoms with Gasteiger partial charge in [-0.3, -0.25) is 0 Å². The monoisotopic (exact) mass is 262 g/mol. The second kappa shape index (κ2) is 6.88. The first-order valence-corrected chi connectivity index (χ1v) is 7.19. The molecule has 0 aliphatic carbocycles. The predicted octanol–water partition coefficient (Wildman–Crippen LogP) is 3.23. The van der Waals surface area contributed by atoms with Crippen LogP contribution in [0.25, 0.3) is 10.1 Å². The lowest BCUT2D eigenvalue weighted by atomic mass is 10.1. The molecule has 97 valence electrons. The summed E-state index contributed by atoms with van der Waals surface area (Å²) in [6.07, 6.45) is 0.986. The van der Waals surface area contributed by atoms with Gasteiger partial charge in [0.15, 0.2) is 0 Å². The number of likely N-dealkylation sites (N-methyl/N-ethyl adjacent to an activating group) is 1. The summed E-state index contributed by atoms with van der Waals surface area (Å²) in [5.41, 5.74) is 1.35. The third-order valence-electron chi connectivity index (χ3n) is 3.05. The maximum atomic E-state index is 5.64. The Morgan fingerprint density at radius 2 is 2.17 bits per heavy atom. The number of thiophene rings is 1. The Morgan fingerprint density at radius 3 is 3.00 bits per heavy atom. The summed E-state index contributed by atoms with van der Waals surface area (Å²) in [7, 11) is 2.06. The van der Waals surface area contributed by atoms with Gasteiger partial charge >= 0.3 is 0 Å². The molecule has 1 heterocycles. The molecule has 0 bridgehead atoms. The van der Waals surface area contributed by atoms with E-state index in [9.17, 15) is 0 Å². The van der Waals surface area contributed by atoms with E-state index >= 15 is 0 Å². The molecule has 2 nitrogen and oxygen atoms in total. The molecule has 0 fully saturated rings. The topological polar surface area (TPSA) is 12.5 Å². The number of fused-ring (bicyclic) bond motifs is 1. The van der Waals surface area contributed by atoms with Crippen molar-refractivity contribution in [1.29, 1.82) is 0 Å². The summed E-state index contributed by atoms with van der Waals surface area (Å²) in [5, 5.41) is 3.48. The summed E-state index contributed by atoms with van der Waals surface area (Å²) < 4.78 is 6.99. The lowest BCUT2D eigenvalue weighted by Gasteiger charge is -2.13. The molecule has 0 N–H and O–H groups in total. The number of hydrogen-bond acceptors (Lipinski definition) is 3. The summed E-state index contributed by atoms with van der Waals surface area (Å²) in [6, 6.07) is 8.83. The van der Waals surface area contributed by atoms with Gasteiger partial charge in [0, 0.05) is 11.2 Å². The molecule has 0 saturated carbocycles. The van der Waals surface area contributed by atoms with E-state index in [4.69, 9.17) is 4.74 Å². The van der Waals surface area contributed by atoms with Crippen molar-refractivity contribution in [2.75, 3.05) is 33.4 Å². The van der Waals surface area contributed by atoms with E-state index in [0.29, 0.717) is 0 Å². The van der Waals surface area contributed by atoms with Gasteiger partial charge in [0.1, 0.15) is 0 Å². The van der Waals surface area contributed by atoms with Crippen molar-refractivity contribution in [3.63, 3.8) is 0 Å². The van der Waals surface area contributed by atoms with Crippen LogP contribution in [0.2, 0.25) is 0 Å². The minimum absolute atomic E-state index is 0.784. The molecule has 2 rings (SSSR count). The van der Waals surface area contributed by atoms with Gasteiger partial charge in [0.25, 0.3) is 0 Å². The van der Waals surface area contributed by atoms with Crippen LogP contribution < -0.4 is 0 Å². The average Bonchev–Trinajstić information content (AvgIpc) is 2.85. The maximum Gasteiger partial charge on any atom is 0.0593 e. The Morgan fingerprint density at radius 1 is 1.28 bits per heavy atom. The van der Waals surface area contributed by atoms with Gasteiger partial charge in [-0.15, -0.1) is 11.3 Å². The molecule has 18 heavy (non-hydrogen) atoms. The van der Waals surface area contributed by atoms with Crippen LogP contribution in [0.3, 0.4) is 0 Å². The molecule has 0 aliphatic rings. The van der Waals surface area contributed by atoms with Crippen LogP contribution in [0.5, 0.6) is 0 Å². The van der Waals surface area contributed by atoms with Crippen LogP contribution in [-0.2, 0) is 11.2 Å². The van der Waals surface area contributed by atoms with E-state index in [-0.39, 0.29) is 0 Å². The molecule has 0 atom stereocenters. The molecule has 2 aromatic rings. The highest BCUT2D eigenvalue weighted by molar-refractivity contribution is 7.17. The van der Waals surface area contributed by atoms with E-state index in [1.165, 1.54) is 15.6 Å². The largest absolute Gasteiger partial charge is 0.380 e. The van der Waals surface area contributed by atoms with Crippen molar-refractivity contribution in [3.8, 4) is 0 Å². The average molecular weight is 262 g/mol. The van der Waals surface area contributed by atoms with Crippen molar-refractivity contribution < 1.29 is 4.74 Å². The van der Waals surface area contributed by atoms with E-state index in [1.54, 1.807) is 11.3 Å². The zero-order chi connectivity index (χ0) is 12.8. The first-order chi connectivity index (χ1) is 8.79. The lowest BCUT2D eigenvalue weighted by molar-refractivity contribution is 0.117. The third kappa shape index (κ3) is 3.80. The van der Waals surface area contributed by atoms with Crippen molar-refractivity contribution in [2.45, 2.75) is 6.42 Å². The van der Waals surface area contributed by atoms with E-state index in [0.717, 1.165) is 32.7 Å². The molecule has 0 saturated heterocycles. The molecule has 3 heteroatoms. The van der Waals surface area contributed by atoms with E-state index in [1.807, 2.05) is 0 Å². The highest BCUT2D eigenvalue weighted by atomic mass is 32.1. The van der Waals surface area contributed by atoms with Gasteiger partial charge in [0.2, 0.25) is 0 Å². The van der Waals surface area contributed by atoms with Gasteiger partial charge in [-0.25, -0.2) is 0 Å². The Labute approximate surface area is 113 Å². The molecule has 0 aliphatic heterocycles. The fraction of sp³-hybridized carbons (Fsp3) is 0.400. The number of rotatable bonds is 7. The van der Waals surface area contributed by atoms with Crippen LogP contribution >= 0.6 is 11.3 Å². The molecule has 0 unspecified atom stereocenters. The van der Waals surface area contributed by atoms with Crippen LogP contribution in [0, 0.1) is 6.92 Å². The summed E-state index contributed by atoms with van der Waals surface area (Å²) in [6.45, 7) is 7.19. The second-order valence-electron chi connectivity index (χ2n) is 4.46. The maximum absolute atomic E-state index is 5.64. The lowest BCUT2D eigenvalue weighted by Crippen LogP contribution is -2.23. The zero-order valence-corrected chi connectivity index (χ0v) is 11.7. The Bertz CT molecular complexity index is 480. The van der Waals surface area contributed by atoms with Crippen molar-refractivity contribution in [1.82, 2.24) is 4.90 Å². The highest BCUT2D eigenvalue weighted by Crippen LogP contribution is 2.21. The number of nitrogens with zero attached hydrogens (tertiary/aromatic N) is 1. The Hall–Kier alpha value is -0.900. The van der Waals surface area contributed by atoms with Gasteiger partial charge < -0.3 is 9.64 Å². The van der Waals surface area contributed by atoms with Gasteiger partial charge in [-0.1, -0.05) is 12.1 Å². The van der Waals surface area contributed by atoms with Crippen molar-refractivity contribution in [3.05, 3.63) is 42.1 Å². The summed E-state index contributed by atoms with van der Waals surface area (Å²) in [5.74, 6) is 0. The first kappa shape index (κ1) is 13.5. The molecule has 1 aromatic carbocycles. The molecular weight excluding hydrogens is 242 g/mol. The normalized spacial score (nSPS) is 11.5. The minimum Gasteiger partial charge on any atom is -0.380 e. The minimum atomic E-state index is 0.784. The van der Waals surface area contributed by atoms with Crippen LogP contribution in [-0.4, -0.2) is 38.3 Å². The van der Waals surface area contributed by atoms with Crippen LogP contribution in [0.15, 0.2) is 29.6 Å². The SMILES string of the molecule is [CH2]CN(C)CCOCCc1ccc2sccc2c1. The fourth-order valence-electron chi connectivity index (χ4n) is 1.80. The predicted molar refractivity (Wildman–Crippen MR) is 79.2 cm³/mol. The number of hydrogen-bond donors (Lipinski definition) is 0. The van der Waals surface area contributed by atoms with Crippen molar-refractivity contribution in [2.24, 2.45) is 0 Å².